The fourth-order valence-electron chi connectivity index (χ4n) is 1.60. The molecule has 0 aliphatic rings. The zero-order valence-electron chi connectivity index (χ0n) is 10.5. The van der Waals surface area contributed by atoms with Crippen molar-refractivity contribution in [3.05, 3.63) is 52.8 Å². The van der Waals surface area contributed by atoms with E-state index in [0.29, 0.717) is 0 Å². The first-order chi connectivity index (χ1) is 9.83. The van der Waals surface area contributed by atoms with Crippen LogP contribution in [0.15, 0.2) is 41.3 Å². The highest BCUT2D eigenvalue weighted by Crippen LogP contribution is 2.27. The molecule has 0 bridgehead atoms. The Labute approximate surface area is 125 Å². The van der Waals surface area contributed by atoms with Gasteiger partial charge >= 0.3 is 0 Å². The number of hydrogen-bond acceptors (Lipinski definition) is 4. The van der Waals surface area contributed by atoms with Gasteiger partial charge < -0.3 is 5.73 Å². The summed E-state index contributed by atoms with van der Waals surface area (Å²) in [7, 11) is -4.05. The molecule has 0 spiro atoms. The average Bonchev–Trinajstić information content (AvgIpc) is 2.42. The third-order valence-corrected chi connectivity index (χ3v) is 4.46. The molecule has 0 heterocycles. The second-order valence-electron chi connectivity index (χ2n) is 4.09. The van der Waals surface area contributed by atoms with Gasteiger partial charge in [-0.25, -0.2) is 12.8 Å². The van der Waals surface area contributed by atoms with Crippen molar-refractivity contribution in [2.24, 2.45) is 0 Å². The number of nitrogen functional groups attached to an aromatic ring is 1. The first kappa shape index (κ1) is 15.1. The Balaban J connectivity index is 2.44. The summed E-state index contributed by atoms with van der Waals surface area (Å²) in [6.07, 6.45) is 0. The van der Waals surface area contributed by atoms with Gasteiger partial charge in [0.25, 0.3) is 10.0 Å². The lowest BCUT2D eigenvalue weighted by Crippen LogP contribution is -2.15. The van der Waals surface area contributed by atoms with Crippen LogP contribution < -0.4 is 10.5 Å². The topological polar surface area (TPSA) is 96.0 Å². The van der Waals surface area contributed by atoms with Crippen LogP contribution in [-0.2, 0) is 10.0 Å². The summed E-state index contributed by atoms with van der Waals surface area (Å²) in [5.41, 5.74) is 5.80. The van der Waals surface area contributed by atoms with E-state index in [0.717, 1.165) is 12.1 Å². The molecule has 0 fully saturated rings. The van der Waals surface area contributed by atoms with Crippen LogP contribution in [0.4, 0.5) is 15.8 Å². The van der Waals surface area contributed by atoms with Gasteiger partial charge in [-0.15, -0.1) is 0 Å². The summed E-state index contributed by atoms with van der Waals surface area (Å²) in [6, 6.07) is 8.90. The fraction of sp³-hybridized carbons (Fsp3) is 0. The Kier molecular flexibility index (Phi) is 4.02. The number of nitrogens with two attached hydrogens (primary N) is 1. The highest BCUT2D eigenvalue weighted by atomic mass is 35.5. The largest absolute Gasteiger partial charge is 0.397 e. The molecule has 0 atom stereocenters. The van der Waals surface area contributed by atoms with Gasteiger partial charge in [0.1, 0.15) is 10.7 Å². The number of rotatable bonds is 3. The molecule has 0 saturated carbocycles. The molecule has 2 aromatic rings. The van der Waals surface area contributed by atoms with E-state index in [-0.39, 0.29) is 26.9 Å². The van der Waals surface area contributed by atoms with Crippen molar-refractivity contribution in [3.8, 4) is 6.07 Å². The predicted octanol–water partition coefficient (Wildman–Crippen LogP) is 2.73. The van der Waals surface area contributed by atoms with Crippen LogP contribution in [0, 0.1) is 17.1 Å². The molecule has 0 aliphatic heterocycles. The minimum Gasteiger partial charge on any atom is -0.397 e. The van der Waals surface area contributed by atoms with E-state index in [2.05, 4.69) is 4.72 Å². The second-order valence-corrected chi connectivity index (χ2v) is 6.15. The number of anilines is 2. The number of nitrogens with zero attached hydrogens (tertiary/aromatic N) is 1. The van der Waals surface area contributed by atoms with Crippen LogP contribution in [0.2, 0.25) is 5.02 Å². The highest BCUT2D eigenvalue weighted by molar-refractivity contribution is 7.92. The van der Waals surface area contributed by atoms with Crippen molar-refractivity contribution in [2.75, 3.05) is 10.5 Å². The van der Waals surface area contributed by atoms with Crippen LogP contribution in [-0.4, -0.2) is 8.42 Å². The summed E-state index contributed by atoms with van der Waals surface area (Å²) < 4.78 is 39.8. The predicted molar refractivity (Wildman–Crippen MR) is 77.8 cm³/mol. The van der Waals surface area contributed by atoms with Crippen molar-refractivity contribution in [2.45, 2.75) is 4.90 Å². The number of hydrogen-bond donors (Lipinski definition) is 2. The molecule has 5 nitrogen and oxygen atoms in total. The van der Waals surface area contributed by atoms with Crippen LogP contribution in [0.3, 0.4) is 0 Å². The standard InChI is InChI=1S/C13H9ClFN3O2S/c14-10-5-8(7-16)1-4-13(10)21(19,20)18-12-6-9(15)2-3-11(12)17/h1-6,18H,17H2. The van der Waals surface area contributed by atoms with Crippen LogP contribution in [0.25, 0.3) is 0 Å². The van der Waals surface area contributed by atoms with Gasteiger partial charge in [-0.05, 0) is 30.3 Å². The monoisotopic (exact) mass is 325 g/mol. The number of sulfonamides is 1. The Bertz CT molecular complexity index is 847. The van der Waals surface area contributed by atoms with E-state index in [1.165, 1.54) is 24.3 Å². The van der Waals surface area contributed by atoms with Crippen LogP contribution >= 0.6 is 11.6 Å². The van der Waals surface area contributed by atoms with Gasteiger partial charge in [-0.2, -0.15) is 5.26 Å². The van der Waals surface area contributed by atoms with Crippen molar-refractivity contribution in [1.29, 1.82) is 5.26 Å². The lowest BCUT2D eigenvalue weighted by Gasteiger charge is -2.11. The number of halogens is 2. The van der Waals surface area contributed by atoms with E-state index in [1.807, 2.05) is 6.07 Å². The molecule has 0 radical (unpaired) electrons. The maximum absolute atomic E-state index is 13.2. The van der Waals surface area contributed by atoms with Crippen LogP contribution in [0.1, 0.15) is 5.56 Å². The van der Waals surface area contributed by atoms with Gasteiger partial charge in [-0.3, -0.25) is 4.72 Å². The molecule has 2 rings (SSSR count). The van der Waals surface area contributed by atoms with E-state index >= 15 is 0 Å². The molecule has 8 heteroatoms. The number of nitriles is 1. The average molecular weight is 326 g/mol. The third-order valence-electron chi connectivity index (χ3n) is 2.61. The van der Waals surface area contributed by atoms with Crippen molar-refractivity contribution >= 4 is 33.0 Å². The molecule has 0 unspecified atom stereocenters. The fourth-order valence-corrected chi connectivity index (χ4v) is 3.23. The van der Waals surface area contributed by atoms with Crippen molar-refractivity contribution < 1.29 is 12.8 Å². The summed E-state index contributed by atoms with van der Waals surface area (Å²) in [5.74, 6) is -0.632. The van der Waals surface area contributed by atoms with Gasteiger partial charge in [0.05, 0.1) is 28.0 Å². The first-order valence-electron chi connectivity index (χ1n) is 5.61. The Hall–Kier alpha value is -2.30. The summed E-state index contributed by atoms with van der Waals surface area (Å²) >= 11 is 5.85. The zero-order chi connectivity index (χ0) is 15.6. The number of benzene rings is 2. The Morgan fingerprint density at radius 3 is 2.57 bits per heavy atom. The summed E-state index contributed by atoms with van der Waals surface area (Å²) in [6.45, 7) is 0. The maximum Gasteiger partial charge on any atom is 0.263 e. The van der Waals surface area contributed by atoms with Crippen molar-refractivity contribution in [1.82, 2.24) is 0 Å². The quantitative estimate of drug-likeness (QED) is 0.848. The molecule has 21 heavy (non-hydrogen) atoms. The normalized spacial score (nSPS) is 10.9. The minimum absolute atomic E-state index is 0.0738. The molecule has 0 saturated heterocycles. The molecule has 2 aromatic carbocycles. The third kappa shape index (κ3) is 3.24. The first-order valence-corrected chi connectivity index (χ1v) is 7.47. The second kappa shape index (κ2) is 5.60. The molecular formula is C13H9ClFN3O2S. The van der Waals surface area contributed by atoms with Gasteiger partial charge in [-0.1, -0.05) is 11.6 Å². The minimum atomic E-state index is -4.05. The smallest absolute Gasteiger partial charge is 0.263 e. The number of nitrogens with one attached hydrogen (secondary N) is 1. The van der Waals surface area contributed by atoms with Crippen molar-refractivity contribution in [3.63, 3.8) is 0 Å². The maximum atomic E-state index is 13.2. The van der Waals surface area contributed by atoms with Crippen LogP contribution in [0.5, 0.6) is 0 Å². The summed E-state index contributed by atoms with van der Waals surface area (Å²) in [4.78, 5) is -0.230. The molecule has 0 amide bonds. The van der Waals surface area contributed by atoms with E-state index in [4.69, 9.17) is 22.6 Å². The lowest BCUT2D eigenvalue weighted by atomic mass is 10.2. The molecule has 3 N–H and O–H groups in total. The molecule has 0 aliphatic carbocycles. The molecular weight excluding hydrogens is 317 g/mol. The highest BCUT2D eigenvalue weighted by Gasteiger charge is 2.19. The van der Waals surface area contributed by atoms with E-state index in [9.17, 15) is 12.8 Å². The molecule has 108 valence electrons. The lowest BCUT2D eigenvalue weighted by molar-refractivity contribution is 0.601. The van der Waals surface area contributed by atoms with E-state index in [1.54, 1.807) is 0 Å². The van der Waals surface area contributed by atoms with E-state index < -0.39 is 15.8 Å². The van der Waals surface area contributed by atoms with Gasteiger partial charge in [0.15, 0.2) is 0 Å². The Morgan fingerprint density at radius 2 is 1.95 bits per heavy atom. The Morgan fingerprint density at radius 1 is 1.24 bits per heavy atom. The van der Waals surface area contributed by atoms with Gasteiger partial charge in [0, 0.05) is 6.07 Å². The molecule has 0 aromatic heterocycles. The zero-order valence-corrected chi connectivity index (χ0v) is 12.0. The SMILES string of the molecule is N#Cc1ccc(S(=O)(=O)Nc2cc(F)ccc2N)c(Cl)c1. The van der Waals surface area contributed by atoms with Gasteiger partial charge in [0.2, 0.25) is 0 Å². The summed E-state index contributed by atoms with van der Waals surface area (Å²) in [5, 5.41) is 8.61.